The van der Waals surface area contributed by atoms with E-state index in [0.29, 0.717) is 23.7 Å². The predicted octanol–water partition coefficient (Wildman–Crippen LogP) is 3.02. The molecule has 1 N–H and O–H groups in total. The van der Waals surface area contributed by atoms with E-state index in [4.69, 9.17) is 4.42 Å². The van der Waals surface area contributed by atoms with Gasteiger partial charge in [0.15, 0.2) is 5.76 Å². The number of hydrogen-bond donors (Lipinski definition) is 1. The minimum atomic E-state index is -0.396. The highest BCUT2D eigenvalue weighted by Gasteiger charge is 2.35. The Kier molecular flexibility index (Phi) is 5.12. The van der Waals surface area contributed by atoms with Gasteiger partial charge in [0.05, 0.1) is 24.4 Å². The quantitative estimate of drug-likeness (QED) is 0.723. The fourth-order valence-electron chi connectivity index (χ4n) is 3.46. The Morgan fingerprint density at radius 3 is 2.79 bits per heavy atom. The van der Waals surface area contributed by atoms with E-state index in [1.165, 1.54) is 5.56 Å². The van der Waals surface area contributed by atoms with Crippen LogP contribution >= 0.6 is 0 Å². The molecule has 148 valence electrons. The molecule has 0 saturated carbocycles. The van der Waals surface area contributed by atoms with Crippen LogP contribution in [0.25, 0.3) is 11.5 Å². The van der Waals surface area contributed by atoms with Crippen molar-refractivity contribution in [3.63, 3.8) is 0 Å². The van der Waals surface area contributed by atoms with Crippen LogP contribution in [0.2, 0.25) is 0 Å². The standard InChI is InChI=1S/C22H22N4O3/c1-14-5-6-17(10-15(14)2)26-13-16(11-20(26)27)22(28)25-12-18-21(24-8-7-23-18)19-4-3-9-29-19/h3-10,16H,11-13H2,1-2H3,(H,25,28). The van der Waals surface area contributed by atoms with Gasteiger partial charge in [-0.15, -0.1) is 0 Å². The van der Waals surface area contributed by atoms with Gasteiger partial charge in [0.1, 0.15) is 5.69 Å². The van der Waals surface area contributed by atoms with Gasteiger partial charge in [-0.25, -0.2) is 4.98 Å². The van der Waals surface area contributed by atoms with E-state index in [9.17, 15) is 9.59 Å². The summed E-state index contributed by atoms with van der Waals surface area (Å²) in [5.41, 5.74) is 4.34. The van der Waals surface area contributed by atoms with Crippen molar-refractivity contribution in [1.82, 2.24) is 15.3 Å². The van der Waals surface area contributed by atoms with Crippen LogP contribution in [-0.4, -0.2) is 28.3 Å². The number of hydrogen-bond acceptors (Lipinski definition) is 5. The van der Waals surface area contributed by atoms with E-state index in [1.807, 2.05) is 32.0 Å². The Labute approximate surface area is 168 Å². The van der Waals surface area contributed by atoms with Crippen LogP contribution in [0.15, 0.2) is 53.4 Å². The summed E-state index contributed by atoms with van der Waals surface area (Å²) in [6, 6.07) is 9.48. The molecule has 0 radical (unpaired) electrons. The summed E-state index contributed by atoms with van der Waals surface area (Å²) in [4.78, 5) is 35.5. The Hall–Kier alpha value is -3.48. The first-order chi connectivity index (χ1) is 14.0. The number of nitrogens with zero attached hydrogens (tertiary/aromatic N) is 3. The minimum Gasteiger partial charge on any atom is -0.463 e. The molecule has 29 heavy (non-hydrogen) atoms. The lowest BCUT2D eigenvalue weighted by molar-refractivity contribution is -0.126. The zero-order chi connectivity index (χ0) is 20.4. The molecule has 7 nitrogen and oxygen atoms in total. The Morgan fingerprint density at radius 2 is 2.03 bits per heavy atom. The third kappa shape index (κ3) is 3.89. The smallest absolute Gasteiger partial charge is 0.227 e. The first kappa shape index (κ1) is 18.9. The van der Waals surface area contributed by atoms with Gasteiger partial charge in [-0.1, -0.05) is 6.07 Å². The SMILES string of the molecule is Cc1ccc(N2CC(C(=O)NCc3nccnc3-c3ccco3)CC2=O)cc1C. The van der Waals surface area contributed by atoms with Crippen LogP contribution < -0.4 is 10.2 Å². The summed E-state index contributed by atoms with van der Waals surface area (Å²) >= 11 is 0. The monoisotopic (exact) mass is 390 g/mol. The molecular formula is C22H22N4O3. The second-order valence-corrected chi connectivity index (χ2v) is 7.22. The largest absolute Gasteiger partial charge is 0.463 e. The van der Waals surface area contributed by atoms with E-state index >= 15 is 0 Å². The normalized spacial score (nSPS) is 16.3. The number of rotatable bonds is 5. The lowest BCUT2D eigenvalue weighted by Gasteiger charge is -2.18. The average molecular weight is 390 g/mol. The maximum Gasteiger partial charge on any atom is 0.227 e. The van der Waals surface area contributed by atoms with Crippen molar-refractivity contribution in [2.24, 2.45) is 5.92 Å². The van der Waals surface area contributed by atoms with Crippen molar-refractivity contribution in [2.75, 3.05) is 11.4 Å². The lowest BCUT2D eigenvalue weighted by Crippen LogP contribution is -2.33. The van der Waals surface area contributed by atoms with Crippen LogP contribution in [0.1, 0.15) is 23.2 Å². The summed E-state index contributed by atoms with van der Waals surface area (Å²) in [7, 11) is 0. The number of amides is 2. The number of furan rings is 1. The fraction of sp³-hybridized carbons (Fsp3) is 0.273. The van der Waals surface area contributed by atoms with E-state index in [0.717, 1.165) is 11.3 Å². The summed E-state index contributed by atoms with van der Waals surface area (Å²) in [5, 5.41) is 2.89. The van der Waals surface area contributed by atoms with E-state index in [-0.39, 0.29) is 24.8 Å². The summed E-state index contributed by atoms with van der Waals surface area (Å²) in [6.07, 6.45) is 4.93. The first-order valence-corrected chi connectivity index (χ1v) is 9.52. The van der Waals surface area contributed by atoms with Crippen molar-refractivity contribution >= 4 is 17.5 Å². The van der Waals surface area contributed by atoms with Crippen LogP contribution in [0.5, 0.6) is 0 Å². The third-order valence-electron chi connectivity index (χ3n) is 5.26. The van der Waals surface area contributed by atoms with Gasteiger partial charge in [-0.2, -0.15) is 0 Å². The molecule has 1 saturated heterocycles. The minimum absolute atomic E-state index is 0.0378. The number of nitrogens with one attached hydrogen (secondary N) is 1. The molecule has 2 aromatic heterocycles. The van der Waals surface area contributed by atoms with Crippen LogP contribution in [0, 0.1) is 19.8 Å². The molecule has 2 amide bonds. The molecule has 3 aromatic rings. The molecule has 1 aromatic carbocycles. The fourth-order valence-corrected chi connectivity index (χ4v) is 3.46. The molecule has 1 fully saturated rings. The van der Waals surface area contributed by atoms with Crippen molar-refractivity contribution in [3.05, 3.63) is 65.8 Å². The number of aromatic nitrogens is 2. The number of carbonyl (C=O) groups is 2. The average Bonchev–Trinajstić information content (AvgIpc) is 3.38. The van der Waals surface area contributed by atoms with Crippen molar-refractivity contribution in [2.45, 2.75) is 26.8 Å². The highest BCUT2D eigenvalue weighted by Crippen LogP contribution is 2.27. The molecule has 1 unspecified atom stereocenters. The molecule has 7 heteroatoms. The van der Waals surface area contributed by atoms with E-state index in [2.05, 4.69) is 15.3 Å². The number of benzene rings is 1. The Balaban J connectivity index is 1.43. The molecule has 1 aliphatic rings. The molecule has 0 spiro atoms. The predicted molar refractivity (Wildman–Crippen MR) is 108 cm³/mol. The van der Waals surface area contributed by atoms with Crippen molar-refractivity contribution in [3.8, 4) is 11.5 Å². The topological polar surface area (TPSA) is 88.3 Å². The zero-order valence-corrected chi connectivity index (χ0v) is 16.4. The second kappa shape index (κ2) is 7.87. The third-order valence-corrected chi connectivity index (χ3v) is 5.26. The van der Waals surface area contributed by atoms with Gasteiger partial charge in [0, 0.05) is 31.0 Å². The van der Waals surface area contributed by atoms with Gasteiger partial charge in [-0.05, 0) is 49.2 Å². The molecule has 1 atom stereocenters. The maximum absolute atomic E-state index is 12.7. The van der Waals surface area contributed by atoms with Gasteiger partial charge in [-0.3, -0.25) is 14.6 Å². The number of carbonyl (C=O) groups excluding carboxylic acids is 2. The summed E-state index contributed by atoms with van der Waals surface area (Å²) in [6.45, 7) is 4.64. The summed E-state index contributed by atoms with van der Waals surface area (Å²) in [5.74, 6) is -0.00272. The molecule has 1 aliphatic heterocycles. The molecule has 3 heterocycles. The van der Waals surface area contributed by atoms with Gasteiger partial charge in [0.2, 0.25) is 11.8 Å². The van der Waals surface area contributed by atoms with Crippen LogP contribution in [0.3, 0.4) is 0 Å². The van der Waals surface area contributed by atoms with Crippen LogP contribution in [-0.2, 0) is 16.1 Å². The Morgan fingerprint density at radius 1 is 1.21 bits per heavy atom. The van der Waals surface area contributed by atoms with Crippen molar-refractivity contribution < 1.29 is 14.0 Å². The molecule has 0 bridgehead atoms. The van der Waals surface area contributed by atoms with E-state index < -0.39 is 5.92 Å². The van der Waals surface area contributed by atoms with Crippen molar-refractivity contribution in [1.29, 1.82) is 0 Å². The van der Waals surface area contributed by atoms with Crippen LogP contribution in [0.4, 0.5) is 5.69 Å². The number of anilines is 1. The highest BCUT2D eigenvalue weighted by molar-refractivity contribution is 6.00. The van der Waals surface area contributed by atoms with Gasteiger partial charge >= 0.3 is 0 Å². The first-order valence-electron chi connectivity index (χ1n) is 9.52. The van der Waals surface area contributed by atoms with E-state index in [1.54, 1.807) is 35.7 Å². The molecular weight excluding hydrogens is 368 g/mol. The van der Waals surface area contributed by atoms with Gasteiger partial charge < -0.3 is 14.6 Å². The highest BCUT2D eigenvalue weighted by atomic mass is 16.3. The molecule has 4 rings (SSSR count). The van der Waals surface area contributed by atoms with Gasteiger partial charge in [0.25, 0.3) is 0 Å². The lowest BCUT2D eigenvalue weighted by atomic mass is 10.1. The summed E-state index contributed by atoms with van der Waals surface area (Å²) < 4.78 is 5.40. The molecule has 0 aliphatic carbocycles. The second-order valence-electron chi connectivity index (χ2n) is 7.22. The zero-order valence-electron chi connectivity index (χ0n) is 16.4. The maximum atomic E-state index is 12.7. The Bertz CT molecular complexity index is 1050. The number of aryl methyl sites for hydroxylation is 2.